The molecule has 1 atom stereocenters. The maximum atomic E-state index is 11.6. The molecule has 1 aromatic rings. The Kier molecular flexibility index (Phi) is 9.72. The van der Waals surface area contributed by atoms with Crippen LogP contribution in [0.15, 0.2) is 30.8 Å². The molecule has 0 saturated heterocycles. The zero-order valence-electron chi connectivity index (χ0n) is 14.9. The van der Waals surface area contributed by atoms with Gasteiger partial charge < -0.3 is 19.5 Å². The smallest absolute Gasteiger partial charge is 0.329 e. The predicted octanol–water partition coefficient (Wildman–Crippen LogP) is 2.83. The van der Waals surface area contributed by atoms with Crippen molar-refractivity contribution < 1.29 is 23.8 Å². The second-order valence-electron chi connectivity index (χ2n) is 5.18. The minimum atomic E-state index is -0.689. The summed E-state index contributed by atoms with van der Waals surface area (Å²) in [7, 11) is 1.29. The Balaban J connectivity index is 2.35. The Morgan fingerprint density at radius 1 is 1.32 bits per heavy atom. The van der Waals surface area contributed by atoms with Gasteiger partial charge in [-0.05, 0) is 18.1 Å². The molecule has 0 aliphatic rings. The van der Waals surface area contributed by atoms with E-state index in [1.165, 1.54) is 25.8 Å². The molecule has 0 heterocycles. The van der Waals surface area contributed by atoms with E-state index in [0.717, 1.165) is 23.3 Å². The van der Waals surface area contributed by atoms with Crippen LogP contribution in [0.2, 0.25) is 0 Å². The van der Waals surface area contributed by atoms with E-state index in [0.29, 0.717) is 11.7 Å². The van der Waals surface area contributed by atoms with Gasteiger partial charge in [-0.25, -0.2) is 4.79 Å². The lowest BCUT2D eigenvalue weighted by Crippen LogP contribution is -2.42. The van der Waals surface area contributed by atoms with E-state index in [9.17, 15) is 9.59 Å². The topological polar surface area (TPSA) is 73.9 Å². The van der Waals surface area contributed by atoms with Gasteiger partial charge in [0.25, 0.3) is 0 Å². The van der Waals surface area contributed by atoms with E-state index in [1.807, 2.05) is 31.2 Å². The fraction of sp³-hybridized carbons (Fsp3) is 0.444. The molecular weight excluding hydrogens is 342 g/mol. The largest absolute Gasteiger partial charge is 0.467 e. The van der Waals surface area contributed by atoms with Crippen LogP contribution in [0.5, 0.6) is 5.75 Å². The van der Waals surface area contributed by atoms with Gasteiger partial charge in [-0.15, -0.1) is 11.8 Å². The molecule has 1 aromatic carbocycles. The summed E-state index contributed by atoms with van der Waals surface area (Å²) in [4.78, 5) is 22.6. The average Bonchev–Trinajstić information content (AvgIpc) is 2.62. The maximum absolute atomic E-state index is 11.6. The fourth-order valence-electron chi connectivity index (χ4n) is 2.00. The number of carbonyl (C=O) groups is 2. The van der Waals surface area contributed by atoms with Crippen molar-refractivity contribution in [2.45, 2.75) is 26.3 Å². The SMILES string of the molecule is C=C(CC)c1ccccc1OCOCSCC(NC(C)=O)C(=O)OC. The standard InChI is InChI=1S/C18H25NO5S/c1-5-13(2)15-8-6-7-9-17(15)24-11-23-12-25-10-16(18(21)22-4)19-14(3)20/h6-9,16H,2,5,10-12H2,1,3-4H3,(H,19,20). The van der Waals surface area contributed by atoms with Crippen molar-refractivity contribution in [1.29, 1.82) is 0 Å². The molecule has 7 heteroatoms. The van der Waals surface area contributed by atoms with Gasteiger partial charge in [0.15, 0.2) is 6.79 Å². The minimum Gasteiger partial charge on any atom is -0.467 e. The van der Waals surface area contributed by atoms with Crippen LogP contribution in [0.25, 0.3) is 5.57 Å². The normalized spacial score (nSPS) is 11.5. The third-order valence-electron chi connectivity index (χ3n) is 3.31. The number of benzene rings is 1. The third-order valence-corrected chi connectivity index (χ3v) is 4.21. The molecule has 0 bridgehead atoms. The second-order valence-corrected chi connectivity index (χ2v) is 6.16. The molecule has 1 unspecified atom stereocenters. The van der Waals surface area contributed by atoms with Gasteiger partial charge in [-0.1, -0.05) is 31.7 Å². The van der Waals surface area contributed by atoms with Crippen molar-refractivity contribution in [3.05, 3.63) is 36.4 Å². The summed E-state index contributed by atoms with van der Waals surface area (Å²) < 4.78 is 15.7. The number of hydrogen-bond acceptors (Lipinski definition) is 6. The Morgan fingerprint density at radius 2 is 2.04 bits per heavy atom. The summed E-state index contributed by atoms with van der Waals surface area (Å²) in [6.07, 6.45) is 0.842. The molecule has 0 aromatic heterocycles. The monoisotopic (exact) mass is 367 g/mol. The highest BCUT2D eigenvalue weighted by atomic mass is 32.2. The van der Waals surface area contributed by atoms with E-state index in [-0.39, 0.29) is 12.7 Å². The second kappa shape index (κ2) is 11.5. The van der Waals surface area contributed by atoms with E-state index < -0.39 is 12.0 Å². The lowest BCUT2D eigenvalue weighted by molar-refractivity contribution is -0.144. The first-order valence-corrected chi connectivity index (χ1v) is 9.05. The van der Waals surface area contributed by atoms with E-state index in [1.54, 1.807) is 0 Å². The zero-order valence-corrected chi connectivity index (χ0v) is 15.7. The lowest BCUT2D eigenvalue weighted by Gasteiger charge is -2.15. The van der Waals surface area contributed by atoms with Crippen LogP contribution in [0.4, 0.5) is 0 Å². The molecule has 1 rings (SSSR count). The Labute approximate surface area is 152 Å². The van der Waals surface area contributed by atoms with Gasteiger partial charge in [-0.3, -0.25) is 4.79 Å². The van der Waals surface area contributed by atoms with Crippen molar-refractivity contribution >= 4 is 29.2 Å². The number of thioether (sulfide) groups is 1. The molecule has 0 saturated carbocycles. The zero-order chi connectivity index (χ0) is 18.7. The van der Waals surface area contributed by atoms with Gasteiger partial charge in [0.1, 0.15) is 11.8 Å². The molecule has 0 spiro atoms. The van der Waals surface area contributed by atoms with Crippen LogP contribution in [0, 0.1) is 0 Å². The number of carbonyl (C=O) groups excluding carboxylic acids is 2. The number of allylic oxidation sites excluding steroid dienone is 1. The van der Waals surface area contributed by atoms with Gasteiger partial charge in [0.2, 0.25) is 5.91 Å². The molecule has 138 valence electrons. The number of rotatable bonds is 11. The van der Waals surface area contributed by atoms with E-state index >= 15 is 0 Å². The van der Waals surface area contributed by atoms with Crippen LogP contribution in [-0.4, -0.2) is 43.5 Å². The molecule has 0 aliphatic carbocycles. The van der Waals surface area contributed by atoms with Gasteiger partial charge in [-0.2, -0.15) is 0 Å². The molecule has 0 radical (unpaired) electrons. The summed E-state index contributed by atoms with van der Waals surface area (Å²) in [5.41, 5.74) is 1.97. The van der Waals surface area contributed by atoms with Gasteiger partial charge in [0, 0.05) is 18.2 Å². The molecule has 0 aliphatic heterocycles. The number of amides is 1. The van der Waals surface area contributed by atoms with Crippen LogP contribution in [-0.2, 0) is 19.1 Å². The Hall–Kier alpha value is -1.99. The maximum Gasteiger partial charge on any atom is 0.329 e. The number of para-hydroxylation sites is 1. The first-order valence-electron chi connectivity index (χ1n) is 7.90. The summed E-state index contributed by atoms with van der Waals surface area (Å²) in [5.74, 6) is 0.642. The number of hydrogen-bond donors (Lipinski definition) is 1. The molecule has 0 fully saturated rings. The summed E-state index contributed by atoms with van der Waals surface area (Å²) in [6, 6.07) is 6.98. The van der Waals surface area contributed by atoms with Crippen LogP contribution in [0.3, 0.4) is 0 Å². The van der Waals surface area contributed by atoms with Crippen LogP contribution >= 0.6 is 11.8 Å². The fourth-order valence-corrected chi connectivity index (χ4v) is 2.73. The highest BCUT2D eigenvalue weighted by Crippen LogP contribution is 2.26. The number of nitrogens with one attached hydrogen (secondary N) is 1. The molecular formula is C18H25NO5S. The number of ether oxygens (including phenoxy) is 3. The summed E-state index contributed by atoms with van der Waals surface area (Å²) >= 11 is 1.36. The average molecular weight is 367 g/mol. The van der Waals surface area contributed by atoms with E-state index in [2.05, 4.69) is 16.6 Å². The number of esters is 1. The lowest BCUT2D eigenvalue weighted by atomic mass is 10.0. The van der Waals surface area contributed by atoms with Crippen LogP contribution in [0.1, 0.15) is 25.8 Å². The van der Waals surface area contributed by atoms with Crippen molar-refractivity contribution in [2.24, 2.45) is 0 Å². The van der Waals surface area contributed by atoms with Crippen LogP contribution < -0.4 is 10.1 Å². The van der Waals surface area contributed by atoms with Crippen molar-refractivity contribution in [1.82, 2.24) is 5.32 Å². The van der Waals surface area contributed by atoms with Crippen molar-refractivity contribution in [2.75, 3.05) is 25.6 Å². The van der Waals surface area contributed by atoms with E-state index in [4.69, 9.17) is 9.47 Å². The minimum absolute atomic E-state index is 0.0873. The quantitative estimate of drug-likeness (QED) is 0.368. The molecule has 6 nitrogen and oxygen atoms in total. The third kappa shape index (κ3) is 7.62. The van der Waals surface area contributed by atoms with Gasteiger partial charge >= 0.3 is 5.97 Å². The molecule has 1 N–H and O–H groups in total. The summed E-state index contributed by atoms with van der Waals surface area (Å²) in [6.45, 7) is 7.51. The molecule has 1 amide bonds. The predicted molar refractivity (Wildman–Crippen MR) is 99.3 cm³/mol. The van der Waals surface area contributed by atoms with Crippen molar-refractivity contribution in [3.63, 3.8) is 0 Å². The Bertz CT molecular complexity index is 591. The highest BCUT2D eigenvalue weighted by molar-refractivity contribution is 7.99. The number of methoxy groups -OCH3 is 1. The first-order chi connectivity index (χ1) is 12.0. The summed E-state index contributed by atoms with van der Waals surface area (Å²) in [5, 5.41) is 2.54. The van der Waals surface area contributed by atoms with Gasteiger partial charge in [0.05, 0.1) is 13.0 Å². The molecule has 25 heavy (non-hydrogen) atoms. The van der Waals surface area contributed by atoms with Crippen molar-refractivity contribution in [3.8, 4) is 5.75 Å². The first kappa shape index (κ1) is 21.1. The highest BCUT2D eigenvalue weighted by Gasteiger charge is 2.19. The Morgan fingerprint density at radius 3 is 2.68 bits per heavy atom.